The molecule has 1 aromatic carbocycles. The van der Waals surface area contributed by atoms with E-state index in [1.54, 1.807) is 31.2 Å². The van der Waals surface area contributed by atoms with Crippen LogP contribution in [-0.2, 0) is 4.74 Å². The average molecular weight is 233 g/mol. The van der Waals surface area contributed by atoms with Crippen molar-refractivity contribution in [2.24, 2.45) is 0 Å². The third-order valence-corrected chi connectivity index (χ3v) is 2.17. The normalized spacial score (nSPS) is 10.2. The van der Waals surface area contributed by atoms with Crippen molar-refractivity contribution in [3.63, 3.8) is 0 Å². The maximum Gasteiger partial charge on any atom is 0.514 e. The number of pyridine rings is 1. The van der Waals surface area contributed by atoms with Gasteiger partial charge in [-0.1, -0.05) is 12.1 Å². The van der Waals surface area contributed by atoms with Gasteiger partial charge >= 0.3 is 6.16 Å². The van der Waals surface area contributed by atoms with Crippen LogP contribution >= 0.6 is 0 Å². The van der Waals surface area contributed by atoms with Gasteiger partial charge in [-0.3, -0.25) is 4.98 Å². The lowest BCUT2D eigenvalue weighted by atomic mass is 10.2. The van der Waals surface area contributed by atoms with Crippen LogP contribution in [0.4, 0.5) is 4.79 Å². The van der Waals surface area contributed by atoms with Gasteiger partial charge in [-0.25, -0.2) is 4.79 Å². The highest BCUT2D eigenvalue weighted by Gasteiger charge is 2.12. The predicted molar refractivity (Wildman–Crippen MR) is 61.1 cm³/mol. The van der Waals surface area contributed by atoms with E-state index in [1.807, 2.05) is 0 Å². The summed E-state index contributed by atoms with van der Waals surface area (Å²) < 4.78 is 9.43. The molecule has 0 spiro atoms. The summed E-state index contributed by atoms with van der Waals surface area (Å²) in [6, 6.07) is 7.01. The molecule has 5 heteroatoms. The van der Waals surface area contributed by atoms with Crippen LogP contribution in [0.25, 0.3) is 10.9 Å². The summed E-state index contributed by atoms with van der Waals surface area (Å²) in [5, 5.41) is 10.4. The summed E-state index contributed by atoms with van der Waals surface area (Å²) >= 11 is 0. The van der Waals surface area contributed by atoms with E-state index in [1.165, 1.54) is 6.20 Å². The quantitative estimate of drug-likeness (QED) is 0.807. The van der Waals surface area contributed by atoms with Gasteiger partial charge in [0.05, 0.1) is 18.3 Å². The largest absolute Gasteiger partial charge is 0.514 e. The summed E-state index contributed by atoms with van der Waals surface area (Å²) in [5.74, 6) is -0.134. The zero-order valence-electron chi connectivity index (χ0n) is 9.21. The first-order valence-corrected chi connectivity index (χ1v) is 5.13. The van der Waals surface area contributed by atoms with Crippen LogP contribution in [0.3, 0.4) is 0 Å². The number of nitrogens with zero attached hydrogens (tertiary/aromatic N) is 1. The van der Waals surface area contributed by atoms with E-state index in [0.717, 1.165) is 0 Å². The van der Waals surface area contributed by atoms with Crippen molar-refractivity contribution in [3.8, 4) is 11.5 Å². The Morgan fingerprint density at radius 1 is 1.41 bits per heavy atom. The number of rotatable bonds is 2. The van der Waals surface area contributed by atoms with Crippen LogP contribution in [0, 0.1) is 0 Å². The van der Waals surface area contributed by atoms with E-state index in [4.69, 9.17) is 4.74 Å². The molecule has 5 nitrogen and oxygen atoms in total. The van der Waals surface area contributed by atoms with Gasteiger partial charge in [0.1, 0.15) is 0 Å². The minimum Gasteiger partial charge on any atom is -0.504 e. The van der Waals surface area contributed by atoms with Crippen LogP contribution in [0.5, 0.6) is 11.5 Å². The summed E-state index contributed by atoms with van der Waals surface area (Å²) in [7, 11) is 0. The number of hydrogen-bond acceptors (Lipinski definition) is 5. The third kappa shape index (κ3) is 2.28. The SMILES string of the molecule is CCOC(=O)Oc1cnc2ccccc2c1O. The fourth-order valence-corrected chi connectivity index (χ4v) is 1.42. The van der Waals surface area contributed by atoms with Gasteiger partial charge in [0.2, 0.25) is 0 Å². The van der Waals surface area contributed by atoms with Crippen LogP contribution in [-0.4, -0.2) is 22.9 Å². The van der Waals surface area contributed by atoms with E-state index < -0.39 is 6.16 Å². The molecule has 1 N–H and O–H groups in total. The Kier molecular flexibility index (Phi) is 3.09. The van der Waals surface area contributed by atoms with Gasteiger partial charge in [-0.15, -0.1) is 0 Å². The summed E-state index contributed by atoms with van der Waals surface area (Å²) in [6.07, 6.45) is 0.425. The number of hydrogen-bond donors (Lipinski definition) is 1. The number of aromatic hydroxyl groups is 1. The molecule has 2 aromatic rings. The van der Waals surface area contributed by atoms with Gasteiger partial charge < -0.3 is 14.6 Å². The lowest BCUT2D eigenvalue weighted by molar-refractivity contribution is 0.103. The third-order valence-electron chi connectivity index (χ3n) is 2.17. The Morgan fingerprint density at radius 3 is 2.94 bits per heavy atom. The minimum atomic E-state index is -0.861. The Balaban J connectivity index is 2.36. The highest BCUT2D eigenvalue weighted by Crippen LogP contribution is 2.32. The van der Waals surface area contributed by atoms with Crippen LogP contribution < -0.4 is 4.74 Å². The predicted octanol–water partition coefficient (Wildman–Crippen LogP) is 2.48. The molecule has 0 aliphatic rings. The number of aromatic nitrogens is 1. The highest BCUT2D eigenvalue weighted by molar-refractivity contribution is 5.87. The standard InChI is InChI=1S/C12H11NO4/c1-2-16-12(15)17-10-7-13-9-6-4-3-5-8(9)11(10)14/h3-7H,2H2,1H3,(H,13,14). The Hall–Kier alpha value is -2.30. The van der Waals surface area contributed by atoms with Gasteiger partial charge in [0.25, 0.3) is 0 Å². The molecule has 0 fully saturated rings. The first-order valence-electron chi connectivity index (χ1n) is 5.13. The van der Waals surface area contributed by atoms with E-state index in [-0.39, 0.29) is 18.1 Å². The second-order valence-electron chi connectivity index (χ2n) is 3.27. The molecule has 0 radical (unpaired) electrons. The Bertz CT molecular complexity index is 553. The lowest BCUT2D eigenvalue weighted by Crippen LogP contribution is -2.10. The number of fused-ring (bicyclic) bond motifs is 1. The molecule has 17 heavy (non-hydrogen) atoms. The molecule has 0 atom stereocenters. The molecule has 0 aliphatic heterocycles. The molecule has 0 saturated carbocycles. The number of carbonyl (C=O) groups is 1. The van der Waals surface area contributed by atoms with Gasteiger partial charge in [0, 0.05) is 5.39 Å². The molecule has 0 aliphatic carbocycles. The maximum atomic E-state index is 11.1. The summed E-state index contributed by atoms with van der Waals surface area (Å²) in [4.78, 5) is 15.2. The topological polar surface area (TPSA) is 68.7 Å². The fraction of sp³-hybridized carbons (Fsp3) is 0.167. The smallest absolute Gasteiger partial charge is 0.504 e. The van der Waals surface area contributed by atoms with E-state index in [9.17, 15) is 9.90 Å². The monoisotopic (exact) mass is 233 g/mol. The van der Waals surface area contributed by atoms with E-state index in [2.05, 4.69) is 9.72 Å². The van der Waals surface area contributed by atoms with Crippen molar-refractivity contribution < 1.29 is 19.4 Å². The second-order valence-corrected chi connectivity index (χ2v) is 3.27. The number of carbonyl (C=O) groups excluding carboxylic acids is 1. The molecule has 1 aromatic heterocycles. The van der Waals surface area contributed by atoms with E-state index in [0.29, 0.717) is 10.9 Å². The lowest BCUT2D eigenvalue weighted by Gasteiger charge is -2.07. The first-order chi connectivity index (χ1) is 8.22. The molecule has 0 amide bonds. The van der Waals surface area contributed by atoms with Crippen molar-refractivity contribution in [1.29, 1.82) is 0 Å². The van der Waals surface area contributed by atoms with Crippen LogP contribution in [0.1, 0.15) is 6.92 Å². The van der Waals surface area contributed by atoms with Crippen molar-refractivity contribution in [1.82, 2.24) is 4.98 Å². The minimum absolute atomic E-state index is 0.0119. The molecule has 0 unspecified atom stereocenters. The van der Waals surface area contributed by atoms with Gasteiger partial charge in [-0.05, 0) is 19.1 Å². The second kappa shape index (κ2) is 4.69. The van der Waals surface area contributed by atoms with Crippen LogP contribution in [0.15, 0.2) is 30.5 Å². The van der Waals surface area contributed by atoms with Crippen molar-refractivity contribution in [2.75, 3.05) is 6.61 Å². The molecule has 2 rings (SSSR count). The molecule has 0 bridgehead atoms. The zero-order valence-corrected chi connectivity index (χ0v) is 9.21. The van der Waals surface area contributed by atoms with E-state index >= 15 is 0 Å². The molecule has 0 saturated heterocycles. The Morgan fingerprint density at radius 2 is 2.18 bits per heavy atom. The van der Waals surface area contributed by atoms with Gasteiger partial charge in [0.15, 0.2) is 11.5 Å². The zero-order chi connectivity index (χ0) is 12.3. The summed E-state index contributed by atoms with van der Waals surface area (Å²) in [6.45, 7) is 1.88. The first kappa shape index (κ1) is 11.2. The maximum absolute atomic E-state index is 11.1. The highest BCUT2D eigenvalue weighted by atomic mass is 16.7. The van der Waals surface area contributed by atoms with Crippen LogP contribution in [0.2, 0.25) is 0 Å². The summed E-state index contributed by atoms with van der Waals surface area (Å²) in [5.41, 5.74) is 0.626. The fourth-order valence-electron chi connectivity index (χ4n) is 1.42. The van der Waals surface area contributed by atoms with Gasteiger partial charge in [-0.2, -0.15) is 0 Å². The number of ether oxygens (including phenoxy) is 2. The molecule has 88 valence electrons. The molecule has 1 heterocycles. The van der Waals surface area contributed by atoms with Crippen molar-refractivity contribution >= 4 is 17.1 Å². The average Bonchev–Trinajstić information content (AvgIpc) is 2.33. The molecular weight excluding hydrogens is 222 g/mol. The Labute approximate surface area is 97.6 Å². The number of benzene rings is 1. The van der Waals surface area contributed by atoms with Crippen molar-refractivity contribution in [2.45, 2.75) is 6.92 Å². The van der Waals surface area contributed by atoms with Crippen molar-refractivity contribution in [3.05, 3.63) is 30.5 Å². The molecular formula is C12H11NO4. The number of para-hydroxylation sites is 1.